The highest BCUT2D eigenvalue weighted by atomic mass is 35.5. The van der Waals surface area contributed by atoms with Crippen LogP contribution in [0, 0.1) is 0 Å². The molecule has 5 rings (SSSR count). The number of amides is 1. The Hall–Kier alpha value is -3.11. The van der Waals surface area contributed by atoms with Crippen LogP contribution in [0.25, 0.3) is 11.1 Å². The minimum Gasteiger partial charge on any atom is -0.368 e. The van der Waals surface area contributed by atoms with Crippen LogP contribution in [0.15, 0.2) is 66.7 Å². The Morgan fingerprint density at radius 2 is 1.48 bits per heavy atom. The smallest absolute Gasteiger partial charge is 0.253 e. The van der Waals surface area contributed by atoms with Gasteiger partial charge in [-0.25, -0.2) is 0 Å². The summed E-state index contributed by atoms with van der Waals surface area (Å²) in [5.74, 6) is -0.0293. The van der Waals surface area contributed by atoms with E-state index in [0.29, 0.717) is 34.8 Å². The lowest BCUT2D eigenvalue weighted by molar-refractivity contribution is 0.0747. The van der Waals surface area contributed by atoms with Crippen molar-refractivity contribution in [1.29, 1.82) is 0 Å². The van der Waals surface area contributed by atoms with Crippen molar-refractivity contribution in [2.75, 3.05) is 31.1 Å². The Morgan fingerprint density at radius 3 is 2.24 bits per heavy atom. The summed E-state index contributed by atoms with van der Waals surface area (Å²) in [5, 5.41) is 0.713. The Bertz CT molecular complexity index is 1130. The zero-order valence-electron chi connectivity index (χ0n) is 15.8. The number of anilines is 1. The van der Waals surface area contributed by atoms with Gasteiger partial charge in [0.05, 0.1) is 0 Å². The van der Waals surface area contributed by atoms with Crippen LogP contribution in [0.1, 0.15) is 26.3 Å². The Balaban J connectivity index is 1.33. The summed E-state index contributed by atoms with van der Waals surface area (Å²) >= 11 is 6.10. The van der Waals surface area contributed by atoms with E-state index in [1.165, 1.54) is 0 Å². The number of hydrogen-bond acceptors (Lipinski definition) is 3. The monoisotopic (exact) mass is 402 g/mol. The van der Waals surface area contributed by atoms with E-state index < -0.39 is 0 Å². The second-order valence-electron chi connectivity index (χ2n) is 7.39. The minimum absolute atomic E-state index is 0.00368. The van der Waals surface area contributed by atoms with Crippen LogP contribution in [0.5, 0.6) is 0 Å². The van der Waals surface area contributed by atoms with Crippen LogP contribution in [0.4, 0.5) is 5.69 Å². The molecular formula is C24H19ClN2O2. The van der Waals surface area contributed by atoms with E-state index >= 15 is 0 Å². The fraction of sp³-hybridized carbons (Fsp3) is 0.167. The van der Waals surface area contributed by atoms with Gasteiger partial charge >= 0.3 is 0 Å². The molecule has 0 unspecified atom stereocenters. The number of benzene rings is 3. The summed E-state index contributed by atoms with van der Waals surface area (Å²) in [6, 6.07) is 20.9. The number of ketones is 1. The highest BCUT2D eigenvalue weighted by molar-refractivity contribution is 6.30. The van der Waals surface area contributed by atoms with Gasteiger partial charge in [0.2, 0.25) is 0 Å². The third kappa shape index (κ3) is 3.10. The Labute approximate surface area is 174 Å². The molecular weight excluding hydrogens is 384 g/mol. The summed E-state index contributed by atoms with van der Waals surface area (Å²) in [7, 11) is 0. The molecule has 1 heterocycles. The molecule has 5 heteroatoms. The van der Waals surface area contributed by atoms with Gasteiger partial charge < -0.3 is 9.80 Å². The summed E-state index contributed by atoms with van der Waals surface area (Å²) in [5.41, 5.74) is 4.83. The average molecular weight is 403 g/mol. The van der Waals surface area contributed by atoms with Gasteiger partial charge in [0, 0.05) is 53.6 Å². The molecule has 1 saturated heterocycles. The first-order chi connectivity index (χ1) is 14.1. The molecule has 0 N–H and O–H groups in total. The predicted octanol–water partition coefficient (Wildman–Crippen LogP) is 4.51. The van der Waals surface area contributed by atoms with Gasteiger partial charge in [-0.3, -0.25) is 9.59 Å². The minimum atomic E-state index is -0.0256. The molecule has 4 nitrogen and oxygen atoms in total. The molecule has 0 atom stereocenters. The van der Waals surface area contributed by atoms with Crippen LogP contribution in [-0.4, -0.2) is 42.8 Å². The second-order valence-corrected chi connectivity index (χ2v) is 7.83. The zero-order valence-corrected chi connectivity index (χ0v) is 16.5. The number of carbonyl (C=O) groups excluding carboxylic acids is 2. The highest BCUT2D eigenvalue weighted by Gasteiger charge is 2.28. The maximum absolute atomic E-state index is 13.1. The van der Waals surface area contributed by atoms with E-state index in [0.717, 1.165) is 29.9 Å². The van der Waals surface area contributed by atoms with E-state index in [4.69, 9.17) is 11.6 Å². The van der Waals surface area contributed by atoms with Crippen molar-refractivity contribution >= 4 is 29.0 Å². The molecule has 3 aromatic rings. The topological polar surface area (TPSA) is 40.6 Å². The number of piperazine rings is 1. The Morgan fingerprint density at radius 1 is 0.759 bits per heavy atom. The standard InChI is InChI=1S/C24H19ClN2O2/c25-17-4-3-5-18(15-17)26-10-12-27(13-11-26)24(29)16-8-9-20-19-6-1-2-7-21(19)23(28)22(20)14-16/h1-9,14-15H,10-13H2. The molecule has 2 aliphatic rings. The molecule has 29 heavy (non-hydrogen) atoms. The number of nitrogens with zero attached hydrogens (tertiary/aromatic N) is 2. The first-order valence-electron chi connectivity index (χ1n) is 9.70. The molecule has 0 aromatic heterocycles. The van der Waals surface area contributed by atoms with Gasteiger partial charge in [0.1, 0.15) is 0 Å². The molecule has 0 radical (unpaired) electrons. The van der Waals surface area contributed by atoms with Crippen molar-refractivity contribution in [2.24, 2.45) is 0 Å². The van der Waals surface area contributed by atoms with Gasteiger partial charge in [-0.1, -0.05) is 48.0 Å². The van der Waals surface area contributed by atoms with Crippen LogP contribution in [0.3, 0.4) is 0 Å². The van der Waals surface area contributed by atoms with Gasteiger partial charge in [0.25, 0.3) is 5.91 Å². The predicted molar refractivity (Wildman–Crippen MR) is 115 cm³/mol. The van der Waals surface area contributed by atoms with Crippen molar-refractivity contribution < 1.29 is 9.59 Å². The SMILES string of the molecule is O=C1c2ccccc2-c2ccc(C(=O)N3CCN(c4cccc(Cl)c4)CC3)cc21. The van der Waals surface area contributed by atoms with Crippen molar-refractivity contribution in [1.82, 2.24) is 4.90 Å². The zero-order chi connectivity index (χ0) is 20.0. The molecule has 0 bridgehead atoms. The van der Waals surface area contributed by atoms with Crippen molar-refractivity contribution in [3.63, 3.8) is 0 Å². The highest BCUT2D eigenvalue weighted by Crippen LogP contribution is 2.37. The summed E-state index contributed by atoms with van der Waals surface area (Å²) in [4.78, 5) is 29.9. The summed E-state index contributed by atoms with van der Waals surface area (Å²) < 4.78 is 0. The maximum Gasteiger partial charge on any atom is 0.253 e. The quantitative estimate of drug-likeness (QED) is 0.495. The molecule has 1 fully saturated rings. The number of fused-ring (bicyclic) bond motifs is 3. The van der Waals surface area contributed by atoms with Gasteiger partial charge in [-0.2, -0.15) is 0 Å². The average Bonchev–Trinajstić information content (AvgIpc) is 3.05. The van der Waals surface area contributed by atoms with Gasteiger partial charge in [-0.15, -0.1) is 0 Å². The van der Waals surface area contributed by atoms with Crippen LogP contribution >= 0.6 is 11.6 Å². The fourth-order valence-corrected chi connectivity index (χ4v) is 4.37. The molecule has 0 spiro atoms. The van der Waals surface area contributed by atoms with E-state index in [-0.39, 0.29) is 11.7 Å². The summed E-state index contributed by atoms with van der Waals surface area (Å²) in [6.45, 7) is 2.77. The summed E-state index contributed by atoms with van der Waals surface area (Å²) in [6.07, 6.45) is 0. The second kappa shape index (κ2) is 7.05. The lowest BCUT2D eigenvalue weighted by Crippen LogP contribution is -2.48. The molecule has 144 valence electrons. The lowest BCUT2D eigenvalue weighted by atomic mass is 10.0. The Kier molecular flexibility index (Phi) is 4.36. The van der Waals surface area contributed by atoms with Crippen LogP contribution < -0.4 is 4.90 Å². The van der Waals surface area contributed by atoms with Crippen molar-refractivity contribution in [2.45, 2.75) is 0 Å². The molecule has 3 aromatic carbocycles. The van der Waals surface area contributed by atoms with E-state index in [9.17, 15) is 9.59 Å². The van der Waals surface area contributed by atoms with Gasteiger partial charge in [-0.05, 0) is 41.5 Å². The fourth-order valence-electron chi connectivity index (χ4n) is 4.18. The largest absolute Gasteiger partial charge is 0.368 e. The van der Waals surface area contributed by atoms with Gasteiger partial charge in [0.15, 0.2) is 5.78 Å². The number of rotatable bonds is 2. The third-order valence-electron chi connectivity index (χ3n) is 5.71. The van der Waals surface area contributed by atoms with Crippen molar-refractivity contribution in [3.8, 4) is 11.1 Å². The van der Waals surface area contributed by atoms with E-state index in [1.54, 1.807) is 6.07 Å². The van der Waals surface area contributed by atoms with Crippen molar-refractivity contribution in [3.05, 3.63) is 88.4 Å². The van der Waals surface area contributed by atoms with Crippen LogP contribution in [-0.2, 0) is 0 Å². The number of halogens is 1. The lowest BCUT2D eigenvalue weighted by Gasteiger charge is -2.36. The third-order valence-corrected chi connectivity index (χ3v) is 5.95. The normalized spacial score (nSPS) is 15.3. The van der Waals surface area contributed by atoms with Crippen LogP contribution in [0.2, 0.25) is 5.02 Å². The molecule has 1 amide bonds. The first-order valence-corrected chi connectivity index (χ1v) is 10.1. The first kappa shape index (κ1) is 18.0. The number of carbonyl (C=O) groups is 2. The molecule has 1 aliphatic heterocycles. The van der Waals surface area contributed by atoms with E-state index in [1.807, 2.05) is 65.6 Å². The van der Waals surface area contributed by atoms with E-state index in [2.05, 4.69) is 4.90 Å². The molecule has 0 saturated carbocycles. The molecule has 1 aliphatic carbocycles. The maximum atomic E-state index is 13.1. The number of hydrogen-bond donors (Lipinski definition) is 0.